The number of carbonyl (C=O) groups is 1. The average Bonchev–Trinajstić information content (AvgIpc) is 2.42. The van der Waals surface area contributed by atoms with Crippen LogP contribution in [0.15, 0.2) is 18.2 Å². The Balaban J connectivity index is 2.25. The zero-order valence-corrected chi connectivity index (χ0v) is 11.9. The molecular weight excluding hydrogens is 302 g/mol. The van der Waals surface area contributed by atoms with Crippen LogP contribution in [0.3, 0.4) is 0 Å². The van der Waals surface area contributed by atoms with E-state index in [9.17, 15) is 20.1 Å². The molecule has 1 fully saturated rings. The lowest BCUT2D eigenvalue weighted by molar-refractivity contribution is -0.209. The number of aromatic carboxylic acids is 1. The highest BCUT2D eigenvalue weighted by atomic mass is 35.5. The molecular formula is C13H16ClNO6. The van der Waals surface area contributed by atoms with E-state index in [0.29, 0.717) is 5.02 Å². The van der Waals surface area contributed by atoms with Gasteiger partial charge in [-0.05, 0) is 25.1 Å². The summed E-state index contributed by atoms with van der Waals surface area (Å²) in [6.45, 7) is 1.53. The Kier molecular flexibility index (Phi) is 4.70. The lowest BCUT2D eigenvalue weighted by atomic mass is 9.99. The van der Waals surface area contributed by atoms with Crippen LogP contribution in [0.2, 0.25) is 5.02 Å². The normalized spacial score (nSPS) is 32.7. The fourth-order valence-electron chi connectivity index (χ4n) is 2.15. The fraction of sp³-hybridized carbons (Fsp3) is 0.462. The van der Waals surface area contributed by atoms with E-state index in [-0.39, 0.29) is 11.3 Å². The summed E-state index contributed by atoms with van der Waals surface area (Å²) in [4.78, 5) is 11.2. The van der Waals surface area contributed by atoms with Crippen LogP contribution >= 0.6 is 11.6 Å². The summed E-state index contributed by atoms with van der Waals surface area (Å²) in [6.07, 6.45) is -5.85. The minimum atomic E-state index is -1.42. The van der Waals surface area contributed by atoms with Gasteiger partial charge in [0.15, 0.2) is 6.23 Å². The zero-order valence-electron chi connectivity index (χ0n) is 11.1. The van der Waals surface area contributed by atoms with Gasteiger partial charge in [-0.25, -0.2) is 4.79 Å². The number of rotatable bonds is 3. The maximum absolute atomic E-state index is 11.2. The number of benzene rings is 1. The van der Waals surface area contributed by atoms with Gasteiger partial charge in [0.25, 0.3) is 0 Å². The average molecular weight is 318 g/mol. The largest absolute Gasteiger partial charge is 0.478 e. The molecule has 7 nitrogen and oxygen atoms in total. The molecule has 0 radical (unpaired) electrons. The van der Waals surface area contributed by atoms with E-state index in [1.165, 1.54) is 25.1 Å². The Morgan fingerprint density at radius 3 is 2.52 bits per heavy atom. The van der Waals surface area contributed by atoms with E-state index in [2.05, 4.69) is 5.32 Å². The van der Waals surface area contributed by atoms with Crippen molar-refractivity contribution < 1.29 is 30.0 Å². The van der Waals surface area contributed by atoms with Crippen LogP contribution in [0.25, 0.3) is 0 Å². The SMILES string of the molecule is C[C@H]1O[C@@H](Nc2cc(Cl)ccc2C(=O)O)[C@@H](O)[C@@H](O)[C@H]1O. The molecule has 1 aromatic carbocycles. The van der Waals surface area contributed by atoms with Gasteiger partial charge in [-0.2, -0.15) is 0 Å². The Morgan fingerprint density at radius 1 is 1.24 bits per heavy atom. The summed E-state index contributed by atoms with van der Waals surface area (Å²) in [7, 11) is 0. The number of carboxylic acid groups (broad SMARTS) is 1. The number of hydrogen-bond acceptors (Lipinski definition) is 6. The van der Waals surface area contributed by atoms with Gasteiger partial charge in [-0.3, -0.25) is 0 Å². The molecule has 0 amide bonds. The van der Waals surface area contributed by atoms with Crippen molar-refractivity contribution in [2.45, 2.75) is 37.6 Å². The van der Waals surface area contributed by atoms with Gasteiger partial charge in [0.05, 0.1) is 17.4 Å². The van der Waals surface area contributed by atoms with Gasteiger partial charge < -0.3 is 30.5 Å². The van der Waals surface area contributed by atoms with Crippen molar-refractivity contribution in [2.75, 3.05) is 5.32 Å². The predicted molar refractivity (Wildman–Crippen MR) is 74.4 cm³/mol. The standard InChI is InChI=1S/C13H16ClNO6/c1-5-9(16)10(17)11(18)12(21-5)15-8-4-6(14)2-3-7(8)13(19)20/h2-5,9-12,15-18H,1H3,(H,19,20)/t5-,9+,10+,11+,12-/m1/s1. The van der Waals surface area contributed by atoms with Crippen molar-refractivity contribution in [1.82, 2.24) is 0 Å². The van der Waals surface area contributed by atoms with Crippen molar-refractivity contribution in [3.05, 3.63) is 28.8 Å². The summed E-state index contributed by atoms with van der Waals surface area (Å²) in [5.74, 6) is -1.17. The summed E-state index contributed by atoms with van der Waals surface area (Å²) in [5.41, 5.74) is 0.0957. The summed E-state index contributed by atoms with van der Waals surface area (Å²) >= 11 is 5.83. The highest BCUT2D eigenvalue weighted by Gasteiger charge is 2.42. The molecule has 21 heavy (non-hydrogen) atoms. The smallest absolute Gasteiger partial charge is 0.337 e. The van der Waals surface area contributed by atoms with Crippen molar-refractivity contribution in [3.63, 3.8) is 0 Å². The summed E-state index contributed by atoms with van der Waals surface area (Å²) < 4.78 is 5.35. The molecule has 1 aliphatic heterocycles. The van der Waals surface area contributed by atoms with Crippen LogP contribution in [0.4, 0.5) is 5.69 Å². The number of nitrogens with one attached hydrogen (secondary N) is 1. The van der Waals surface area contributed by atoms with Gasteiger partial charge in [-0.15, -0.1) is 0 Å². The van der Waals surface area contributed by atoms with Crippen LogP contribution in [0.1, 0.15) is 17.3 Å². The first-order valence-electron chi connectivity index (χ1n) is 6.30. The van der Waals surface area contributed by atoms with Gasteiger partial charge >= 0.3 is 5.97 Å². The molecule has 116 valence electrons. The summed E-state index contributed by atoms with van der Waals surface area (Å²) in [6, 6.07) is 4.12. The minimum Gasteiger partial charge on any atom is -0.478 e. The molecule has 1 heterocycles. The number of hydrogen-bond donors (Lipinski definition) is 5. The van der Waals surface area contributed by atoms with Gasteiger partial charge in [-0.1, -0.05) is 11.6 Å². The van der Waals surface area contributed by atoms with Crippen LogP contribution in [0.5, 0.6) is 0 Å². The highest BCUT2D eigenvalue weighted by molar-refractivity contribution is 6.31. The lowest BCUT2D eigenvalue weighted by Gasteiger charge is -2.40. The first kappa shape index (κ1) is 16.0. The monoisotopic (exact) mass is 317 g/mol. The number of aliphatic hydroxyl groups excluding tert-OH is 3. The molecule has 2 rings (SSSR count). The van der Waals surface area contributed by atoms with Crippen LogP contribution in [-0.4, -0.2) is 57.0 Å². The highest BCUT2D eigenvalue weighted by Crippen LogP contribution is 2.26. The molecule has 0 saturated carbocycles. The molecule has 0 bridgehead atoms. The first-order chi connectivity index (χ1) is 9.81. The Labute approximate surface area is 125 Å². The third kappa shape index (κ3) is 3.28. The molecule has 0 unspecified atom stereocenters. The van der Waals surface area contributed by atoms with Crippen molar-refractivity contribution in [2.24, 2.45) is 0 Å². The number of ether oxygens (including phenoxy) is 1. The third-order valence-electron chi connectivity index (χ3n) is 3.36. The Hall–Kier alpha value is -1.38. The van der Waals surface area contributed by atoms with Crippen LogP contribution < -0.4 is 5.32 Å². The number of anilines is 1. The van der Waals surface area contributed by atoms with E-state index in [1.54, 1.807) is 0 Å². The second-order valence-corrected chi connectivity index (χ2v) is 5.31. The molecule has 0 spiro atoms. The number of aliphatic hydroxyl groups is 3. The van der Waals surface area contributed by atoms with Gasteiger partial charge in [0.2, 0.25) is 0 Å². The predicted octanol–water partition coefficient (Wildman–Crippen LogP) is 0.278. The Morgan fingerprint density at radius 2 is 1.90 bits per heavy atom. The van der Waals surface area contributed by atoms with E-state index in [4.69, 9.17) is 21.4 Å². The van der Waals surface area contributed by atoms with E-state index < -0.39 is 36.6 Å². The molecule has 1 aliphatic rings. The number of carboxylic acids is 1. The molecule has 0 aromatic heterocycles. The maximum atomic E-state index is 11.2. The second-order valence-electron chi connectivity index (χ2n) is 4.87. The second kappa shape index (κ2) is 6.17. The van der Waals surface area contributed by atoms with Crippen LogP contribution in [0, 0.1) is 0 Å². The van der Waals surface area contributed by atoms with E-state index in [0.717, 1.165) is 0 Å². The topological polar surface area (TPSA) is 119 Å². The zero-order chi connectivity index (χ0) is 15.7. The van der Waals surface area contributed by atoms with Crippen LogP contribution in [-0.2, 0) is 4.74 Å². The first-order valence-corrected chi connectivity index (χ1v) is 6.68. The van der Waals surface area contributed by atoms with E-state index >= 15 is 0 Å². The molecule has 8 heteroatoms. The minimum absolute atomic E-state index is 0.0523. The van der Waals surface area contributed by atoms with Crippen molar-refractivity contribution in [1.29, 1.82) is 0 Å². The maximum Gasteiger partial charge on any atom is 0.337 e. The molecule has 0 aliphatic carbocycles. The lowest BCUT2D eigenvalue weighted by Crippen LogP contribution is -2.58. The number of halogens is 1. The molecule has 5 N–H and O–H groups in total. The molecule has 5 atom stereocenters. The van der Waals surface area contributed by atoms with Gasteiger partial charge in [0, 0.05) is 5.02 Å². The third-order valence-corrected chi connectivity index (χ3v) is 3.60. The molecule has 1 saturated heterocycles. The quantitative estimate of drug-likeness (QED) is 0.543. The van der Waals surface area contributed by atoms with Crippen molar-refractivity contribution >= 4 is 23.3 Å². The summed E-state index contributed by atoms with van der Waals surface area (Å²) in [5, 5.41) is 41.4. The van der Waals surface area contributed by atoms with Crippen molar-refractivity contribution in [3.8, 4) is 0 Å². The molecule has 1 aromatic rings. The Bertz CT molecular complexity index is 539. The van der Waals surface area contributed by atoms with Gasteiger partial charge in [0.1, 0.15) is 18.3 Å². The fourth-order valence-corrected chi connectivity index (χ4v) is 2.32. The van der Waals surface area contributed by atoms with E-state index in [1.807, 2.05) is 0 Å².